The molecule has 0 aliphatic carbocycles. The number of ether oxygens (including phenoxy) is 2. The minimum absolute atomic E-state index is 0.229. The lowest BCUT2D eigenvalue weighted by Crippen LogP contribution is -2.50. The highest BCUT2D eigenvalue weighted by Crippen LogP contribution is 2.32. The molecule has 22 heavy (non-hydrogen) atoms. The van der Waals surface area contributed by atoms with Crippen LogP contribution in [-0.2, 0) is 14.3 Å². The second-order valence-electron chi connectivity index (χ2n) is 4.79. The Labute approximate surface area is 138 Å². The van der Waals surface area contributed by atoms with E-state index in [1.54, 1.807) is 18.2 Å². The van der Waals surface area contributed by atoms with Crippen LogP contribution >= 0.6 is 23.2 Å². The van der Waals surface area contributed by atoms with Crippen LogP contribution in [0.2, 0.25) is 10.0 Å². The fraction of sp³-hybridized carbons (Fsp3) is 0.429. The highest BCUT2D eigenvalue weighted by atomic mass is 35.5. The zero-order valence-corrected chi connectivity index (χ0v) is 13.4. The molecule has 2 unspecified atom stereocenters. The topological polar surface area (TPSA) is 76.7 Å². The standard InChI is InChI=1S/C14H16Cl2N2O4/c1-8(22-10-5-2-4-9(15)12(10)16)13(19)17-18-14(20)11-6-3-7-21-11/h2,4-5,8,11H,3,6-7H2,1H3,(H,17,19)(H,18,20). The van der Waals surface area contributed by atoms with Gasteiger partial charge in [0, 0.05) is 6.61 Å². The van der Waals surface area contributed by atoms with Crippen molar-refractivity contribution in [1.82, 2.24) is 10.9 Å². The molecule has 6 nitrogen and oxygen atoms in total. The van der Waals surface area contributed by atoms with Gasteiger partial charge in [0.15, 0.2) is 6.10 Å². The molecule has 2 amide bonds. The molecule has 0 saturated carbocycles. The van der Waals surface area contributed by atoms with Crippen molar-refractivity contribution >= 4 is 35.0 Å². The average molecular weight is 347 g/mol. The molecule has 0 radical (unpaired) electrons. The summed E-state index contributed by atoms with van der Waals surface area (Å²) in [6, 6.07) is 4.87. The SMILES string of the molecule is CC(Oc1cccc(Cl)c1Cl)C(=O)NNC(=O)C1CCCO1. The number of benzene rings is 1. The third-order valence-corrected chi connectivity index (χ3v) is 3.92. The molecular formula is C14H16Cl2N2O4. The highest BCUT2D eigenvalue weighted by molar-refractivity contribution is 6.42. The van der Waals surface area contributed by atoms with Crippen LogP contribution in [0, 0.1) is 0 Å². The van der Waals surface area contributed by atoms with Crippen LogP contribution in [-0.4, -0.2) is 30.6 Å². The number of carbonyl (C=O) groups is 2. The second-order valence-corrected chi connectivity index (χ2v) is 5.58. The quantitative estimate of drug-likeness (QED) is 0.818. The van der Waals surface area contributed by atoms with Gasteiger partial charge in [-0.2, -0.15) is 0 Å². The molecule has 1 aliphatic rings. The summed E-state index contributed by atoms with van der Waals surface area (Å²) in [5, 5.41) is 0.561. The number of carbonyl (C=O) groups excluding carboxylic acids is 2. The van der Waals surface area contributed by atoms with Crippen molar-refractivity contribution in [1.29, 1.82) is 0 Å². The summed E-state index contributed by atoms with van der Waals surface area (Å²) in [6.45, 7) is 2.09. The molecule has 1 heterocycles. The van der Waals surface area contributed by atoms with Gasteiger partial charge in [-0.1, -0.05) is 29.3 Å². The fourth-order valence-corrected chi connectivity index (χ4v) is 2.25. The number of hydrogen-bond acceptors (Lipinski definition) is 4. The zero-order chi connectivity index (χ0) is 16.1. The van der Waals surface area contributed by atoms with Crippen LogP contribution in [0.1, 0.15) is 19.8 Å². The maximum atomic E-state index is 11.9. The second kappa shape index (κ2) is 7.67. The minimum atomic E-state index is -0.860. The predicted octanol–water partition coefficient (Wildman–Crippen LogP) is 2.09. The molecule has 1 aliphatic heterocycles. The van der Waals surface area contributed by atoms with E-state index in [4.69, 9.17) is 32.7 Å². The van der Waals surface area contributed by atoms with Gasteiger partial charge in [-0.15, -0.1) is 0 Å². The van der Waals surface area contributed by atoms with E-state index in [1.165, 1.54) is 6.92 Å². The Kier molecular flexibility index (Phi) is 5.88. The number of hydrogen-bond donors (Lipinski definition) is 2. The Bertz CT molecular complexity index is 562. The van der Waals surface area contributed by atoms with Crippen molar-refractivity contribution < 1.29 is 19.1 Å². The molecule has 1 fully saturated rings. The van der Waals surface area contributed by atoms with Crippen LogP contribution in [0.25, 0.3) is 0 Å². The lowest BCUT2D eigenvalue weighted by atomic mass is 10.2. The van der Waals surface area contributed by atoms with Crippen molar-refractivity contribution in [2.45, 2.75) is 32.0 Å². The molecule has 2 rings (SSSR count). The third kappa shape index (κ3) is 4.25. The fourth-order valence-electron chi connectivity index (χ4n) is 1.91. The van der Waals surface area contributed by atoms with Crippen LogP contribution in [0.15, 0.2) is 18.2 Å². The van der Waals surface area contributed by atoms with E-state index in [-0.39, 0.29) is 10.9 Å². The first kappa shape index (κ1) is 16.9. The van der Waals surface area contributed by atoms with Crippen molar-refractivity contribution in [3.63, 3.8) is 0 Å². The normalized spacial score (nSPS) is 18.6. The largest absolute Gasteiger partial charge is 0.479 e. The Morgan fingerprint density at radius 3 is 2.82 bits per heavy atom. The highest BCUT2D eigenvalue weighted by Gasteiger charge is 2.24. The molecule has 1 aromatic rings. The Hall–Kier alpha value is -1.50. The number of halogens is 2. The first-order valence-corrected chi connectivity index (χ1v) is 7.56. The number of rotatable bonds is 4. The summed E-state index contributed by atoms with van der Waals surface area (Å²) < 4.78 is 10.6. The Balaban J connectivity index is 1.84. The first-order chi connectivity index (χ1) is 10.5. The number of amides is 2. The number of hydrazine groups is 1. The monoisotopic (exact) mass is 346 g/mol. The maximum absolute atomic E-state index is 11.9. The van der Waals surface area contributed by atoms with E-state index in [9.17, 15) is 9.59 Å². The number of nitrogens with one attached hydrogen (secondary N) is 2. The summed E-state index contributed by atoms with van der Waals surface area (Å²) in [5.41, 5.74) is 4.61. The van der Waals surface area contributed by atoms with E-state index in [2.05, 4.69) is 10.9 Å². The lowest BCUT2D eigenvalue weighted by Gasteiger charge is -2.17. The van der Waals surface area contributed by atoms with E-state index < -0.39 is 18.1 Å². The van der Waals surface area contributed by atoms with E-state index in [0.717, 1.165) is 6.42 Å². The third-order valence-electron chi connectivity index (χ3n) is 3.12. The molecule has 120 valence electrons. The summed E-state index contributed by atoms with van der Waals surface area (Å²) in [4.78, 5) is 23.6. The molecule has 8 heteroatoms. The van der Waals surface area contributed by atoms with Gasteiger partial charge in [0.1, 0.15) is 16.9 Å². The smallest absolute Gasteiger partial charge is 0.279 e. The van der Waals surface area contributed by atoms with Gasteiger partial charge >= 0.3 is 0 Å². The minimum Gasteiger partial charge on any atom is -0.479 e. The van der Waals surface area contributed by atoms with Crippen LogP contribution in [0.5, 0.6) is 5.75 Å². The molecule has 1 aromatic carbocycles. The van der Waals surface area contributed by atoms with Gasteiger partial charge in [0.05, 0.1) is 5.02 Å². The summed E-state index contributed by atoms with van der Waals surface area (Å²) in [5.74, 6) is -0.594. The molecule has 0 spiro atoms. The molecule has 1 saturated heterocycles. The first-order valence-electron chi connectivity index (χ1n) is 6.81. The molecule has 2 atom stereocenters. The van der Waals surface area contributed by atoms with Gasteiger partial charge in [0.25, 0.3) is 11.8 Å². The van der Waals surface area contributed by atoms with Gasteiger partial charge in [0.2, 0.25) is 0 Å². The molecule has 0 bridgehead atoms. The molecular weight excluding hydrogens is 331 g/mol. The van der Waals surface area contributed by atoms with Crippen LogP contribution in [0.4, 0.5) is 0 Å². The van der Waals surface area contributed by atoms with Gasteiger partial charge in [-0.3, -0.25) is 20.4 Å². The van der Waals surface area contributed by atoms with Crippen molar-refractivity contribution in [2.24, 2.45) is 0 Å². The van der Waals surface area contributed by atoms with E-state index in [0.29, 0.717) is 23.8 Å². The van der Waals surface area contributed by atoms with E-state index >= 15 is 0 Å². The van der Waals surface area contributed by atoms with Crippen molar-refractivity contribution in [2.75, 3.05) is 6.61 Å². The predicted molar refractivity (Wildman–Crippen MR) is 81.8 cm³/mol. The lowest BCUT2D eigenvalue weighted by molar-refractivity contribution is -0.136. The average Bonchev–Trinajstić information content (AvgIpc) is 3.03. The summed E-state index contributed by atoms with van der Waals surface area (Å²) >= 11 is 11.8. The van der Waals surface area contributed by atoms with Gasteiger partial charge in [-0.25, -0.2) is 0 Å². The van der Waals surface area contributed by atoms with Gasteiger partial charge in [-0.05, 0) is 31.9 Å². The Morgan fingerprint density at radius 2 is 2.14 bits per heavy atom. The molecule has 2 N–H and O–H groups in total. The van der Waals surface area contributed by atoms with Crippen LogP contribution in [0.3, 0.4) is 0 Å². The Morgan fingerprint density at radius 1 is 1.36 bits per heavy atom. The van der Waals surface area contributed by atoms with Crippen molar-refractivity contribution in [3.05, 3.63) is 28.2 Å². The summed E-state index contributed by atoms with van der Waals surface area (Å²) in [7, 11) is 0. The summed E-state index contributed by atoms with van der Waals surface area (Å²) in [6.07, 6.45) is 0.102. The van der Waals surface area contributed by atoms with E-state index in [1.807, 2.05) is 0 Å². The van der Waals surface area contributed by atoms with Crippen molar-refractivity contribution in [3.8, 4) is 5.75 Å². The zero-order valence-electron chi connectivity index (χ0n) is 11.9. The maximum Gasteiger partial charge on any atom is 0.279 e. The molecule has 0 aromatic heterocycles. The van der Waals surface area contributed by atoms with Gasteiger partial charge < -0.3 is 9.47 Å². The van der Waals surface area contributed by atoms with Crippen LogP contribution < -0.4 is 15.6 Å².